The summed E-state index contributed by atoms with van der Waals surface area (Å²) in [6.45, 7) is 0. The minimum absolute atomic E-state index is 0.132. The second-order valence-corrected chi connectivity index (χ2v) is 3.72. The average Bonchev–Trinajstić information content (AvgIpc) is 3.10. The van der Waals surface area contributed by atoms with Gasteiger partial charge in [0.1, 0.15) is 12.2 Å². The van der Waals surface area contributed by atoms with Gasteiger partial charge in [0.25, 0.3) is 0 Å². The number of ether oxygens (including phenoxy) is 1. The lowest BCUT2D eigenvalue weighted by Gasteiger charge is -1.95. The summed E-state index contributed by atoms with van der Waals surface area (Å²) >= 11 is 0. The van der Waals surface area contributed by atoms with E-state index in [1.54, 1.807) is 6.07 Å². The summed E-state index contributed by atoms with van der Waals surface area (Å²) in [5.41, 5.74) is 2.31. The van der Waals surface area contributed by atoms with Gasteiger partial charge < -0.3 is 4.74 Å². The molecule has 0 amide bonds. The van der Waals surface area contributed by atoms with E-state index in [0.29, 0.717) is 6.04 Å². The van der Waals surface area contributed by atoms with E-state index in [0.717, 1.165) is 5.56 Å². The molecule has 3 rings (SSSR count). The van der Waals surface area contributed by atoms with Crippen molar-refractivity contribution in [1.29, 1.82) is 0 Å². The van der Waals surface area contributed by atoms with Crippen LogP contribution in [0.5, 0.6) is 0 Å². The van der Waals surface area contributed by atoms with Crippen LogP contribution in [0.4, 0.5) is 0 Å². The lowest BCUT2D eigenvalue weighted by molar-refractivity contribution is 0.377. The van der Waals surface area contributed by atoms with Gasteiger partial charge in [0.15, 0.2) is 0 Å². The number of rotatable bonds is 2. The molecule has 1 nitrogen and oxygen atoms in total. The van der Waals surface area contributed by atoms with Gasteiger partial charge in [-0.25, -0.2) is 0 Å². The lowest BCUT2D eigenvalue weighted by Crippen LogP contribution is -1.82. The van der Waals surface area contributed by atoms with Crippen LogP contribution in [-0.2, 0) is 4.74 Å². The van der Waals surface area contributed by atoms with Crippen molar-refractivity contribution in [2.75, 3.05) is 0 Å². The zero-order valence-electron chi connectivity index (χ0n) is 9.26. The van der Waals surface area contributed by atoms with E-state index in [1.165, 1.54) is 5.56 Å². The zero-order valence-corrected chi connectivity index (χ0v) is 8.26. The second-order valence-electron chi connectivity index (χ2n) is 3.72. The molecule has 0 aromatic heterocycles. The summed E-state index contributed by atoms with van der Waals surface area (Å²) in [6, 6.07) is 18.3. The first-order valence-electron chi connectivity index (χ1n) is 5.61. The van der Waals surface area contributed by atoms with Crippen molar-refractivity contribution < 1.29 is 6.11 Å². The Labute approximate surface area is 90.7 Å². The van der Waals surface area contributed by atoms with Gasteiger partial charge in [-0.05, 0) is 11.1 Å². The highest BCUT2D eigenvalue weighted by atomic mass is 16.6. The molecule has 1 aliphatic rings. The van der Waals surface area contributed by atoms with Gasteiger partial charge in [-0.3, -0.25) is 0 Å². The molecule has 0 N–H and O–H groups in total. The Balaban J connectivity index is 1.82. The third-order valence-corrected chi connectivity index (χ3v) is 2.68. The Bertz CT molecular complexity index is 495. The molecule has 1 heteroatoms. The van der Waals surface area contributed by atoms with E-state index in [2.05, 4.69) is 12.1 Å². The second kappa shape index (κ2) is 3.52. The van der Waals surface area contributed by atoms with Crippen LogP contribution >= 0.6 is 0 Å². The van der Waals surface area contributed by atoms with E-state index < -0.39 is 0 Å². The van der Waals surface area contributed by atoms with Gasteiger partial charge in [-0.2, -0.15) is 0 Å². The Morgan fingerprint density at radius 1 is 0.800 bits per heavy atom. The SMILES string of the molecule is [3H]c1cccc([C@H]2O[C@H]2c2ccccc2)c1. The fourth-order valence-corrected chi connectivity index (χ4v) is 1.85. The minimum Gasteiger partial charge on any atom is -0.359 e. The Morgan fingerprint density at radius 3 is 2.07 bits per heavy atom. The van der Waals surface area contributed by atoms with Gasteiger partial charge in [0.2, 0.25) is 0 Å². The molecule has 15 heavy (non-hydrogen) atoms. The van der Waals surface area contributed by atoms with Gasteiger partial charge in [-0.15, -0.1) is 0 Å². The maximum absolute atomic E-state index is 7.57. The molecule has 0 unspecified atom stereocenters. The van der Waals surface area contributed by atoms with Crippen molar-refractivity contribution in [2.45, 2.75) is 12.2 Å². The highest BCUT2D eigenvalue weighted by Gasteiger charge is 2.40. The molecule has 0 spiro atoms. The van der Waals surface area contributed by atoms with Crippen LogP contribution in [0.25, 0.3) is 0 Å². The fraction of sp³-hybridized carbons (Fsp3) is 0.143. The molecule has 1 heterocycles. The summed E-state index contributed by atoms with van der Waals surface area (Å²) in [7, 11) is 0. The molecule has 1 aliphatic heterocycles. The van der Waals surface area contributed by atoms with Crippen LogP contribution in [0.1, 0.15) is 24.7 Å². The van der Waals surface area contributed by atoms with Gasteiger partial charge in [0.05, 0.1) is 1.37 Å². The Morgan fingerprint density at radius 2 is 1.40 bits per heavy atom. The van der Waals surface area contributed by atoms with Crippen molar-refractivity contribution in [2.24, 2.45) is 0 Å². The molecule has 0 radical (unpaired) electrons. The number of benzene rings is 2. The molecular weight excluding hydrogens is 184 g/mol. The van der Waals surface area contributed by atoms with Crippen LogP contribution in [0.2, 0.25) is 0 Å². The lowest BCUT2D eigenvalue weighted by atomic mass is 10.0. The van der Waals surface area contributed by atoms with E-state index in [9.17, 15) is 0 Å². The molecule has 0 aliphatic carbocycles. The monoisotopic (exact) mass is 198 g/mol. The molecule has 0 bridgehead atoms. The molecule has 2 aromatic carbocycles. The number of hydrogen-bond donors (Lipinski definition) is 0. The average molecular weight is 198 g/mol. The third kappa shape index (κ3) is 1.66. The number of hydrogen-bond acceptors (Lipinski definition) is 1. The minimum atomic E-state index is 0.132. The van der Waals surface area contributed by atoms with Gasteiger partial charge in [0, 0.05) is 0 Å². The van der Waals surface area contributed by atoms with Crippen molar-refractivity contribution in [3.63, 3.8) is 0 Å². The Hall–Kier alpha value is -1.60. The van der Waals surface area contributed by atoms with Crippen LogP contribution in [0.15, 0.2) is 60.6 Å². The topological polar surface area (TPSA) is 12.5 Å². The highest BCUT2D eigenvalue weighted by molar-refractivity contribution is 5.29. The normalized spacial score (nSPS) is 24.7. The molecule has 0 saturated carbocycles. The fourth-order valence-electron chi connectivity index (χ4n) is 1.85. The smallest absolute Gasteiger partial charge is 0.114 e. The molecule has 1 saturated heterocycles. The third-order valence-electron chi connectivity index (χ3n) is 2.68. The molecule has 2 atom stereocenters. The maximum atomic E-state index is 7.57. The predicted octanol–water partition coefficient (Wildman–Crippen LogP) is 3.50. The van der Waals surface area contributed by atoms with Gasteiger partial charge in [-0.1, -0.05) is 60.6 Å². The van der Waals surface area contributed by atoms with Crippen molar-refractivity contribution in [3.05, 3.63) is 71.8 Å². The molecule has 2 aromatic rings. The van der Waals surface area contributed by atoms with Crippen LogP contribution < -0.4 is 0 Å². The summed E-state index contributed by atoms with van der Waals surface area (Å²) < 4.78 is 13.2. The molecule has 1 fully saturated rings. The zero-order chi connectivity index (χ0) is 11.0. The maximum Gasteiger partial charge on any atom is 0.114 e. The summed E-state index contributed by atoms with van der Waals surface area (Å²) in [5.74, 6) is 0. The summed E-state index contributed by atoms with van der Waals surface area (Å²) in [6.07, 6.45) is 0.302. The van der Waals surface area contributed by atoms with E-state index in [4.69, 9.17) is 6.11 Å². The Kier molecular flexibility index (Phi) is 1.80. The van der Waals surface area contributed by atoms with Crippen LogP contribution in [0, 0.1) is 0 Å². The summed E-state index contributed by atoms with van der Waals surface area (Å²) in [4.78, 5) is 0. The first-order valence-corrected chi connectivity index (χ1v) is 5.11. The molecular formula is C14H12O. The first kappa shape index (κ1) is 7.66. The predicted molar refractivity (Wildman–Crippen MR) is 59.5 cm³/mol. The van der Waals surface area contributed by atoms with E-state index >= 15 is 0 Å². The van der Waals surface area contributed by atoms with E-state index in [-0.39, 0.29) is 12.2 Å². The summed E-state index contributed by atoms with van der Waals surface area (Å²) in [5, 5.41) is 0. The van der Waals surface area contributed by atoms with Crippen molar-refractivity contribution in [3.8, 4) is 0 Å². The first-order chi connectivity index (χ1) is 7.84. The van der Waals surface area contributed by atoms with Crippen LogP contribution in [0.3, 0.4) is 0 Å². The van der Waals surface area contributed by atoms with E-state index in [1.807, 2.05) is 36.4 Å². The number of epoxide rings is 1. The van der Waals surface area contributed by atoms with Crippen molar-refractivity contribution in [1.82, 2.24) is 0 Å². The quantitative estimate of drug-likeness (QED) is 0.673. The molecule has 74 valence electrons. The van der Waals surface area contributed by atoms with Crippen molar-refractivity contribution >= 4 is 0 Å². The van der Waals surface area contributed by atoms with Gasteiger partial charge >= 0.3 is 0 Å². The standard InChI is InChI=1S/C14H12O/c1-3-7-11(8-4-1)13-14(15-13)12-9-5-2-6-10-12/h1-10,13-14H/t13-,14+/i3T/m1/s1. The van der Waals surface area contributed by atoms with Crippen LogP contribution in [-0.4, -0.2) is 0 Å². The highest BCUT2D eigenvalue weighted by Crippen LogP contribution is 2.50. The largest absolute Gasteiger partial charge is 0.359 e.